The molecular formula is C15H17ClN2O3. The molecule has 0 spiro atoms. The number of ether oxygens (including phenoxy) is 2. The van der Waals surface area contributed by atoms with Gasteiger partial charge in [0.25, 0.3) is 0 Å². The Morgan fingerprint density at radius 1 is 1.52 bits per heavy atom. The highest BCUT2D eigenvalue weighted by Gasteiger charge is 2.16. The van der Waals surface area contributed by atoms with Crippen molar-refractivity contribution in [3.8, 4) is 18.1 Å². The average Bonchev–Trinajstić information content (AvgIpc) is 2.86. The number of nitrogens with two attached hydrogens (primary N) is 1. The van der Waals surface area contributed by atoms with E-state index in [9.17, 15) is 4.79 Å². The van der Waals surface area contributed by atoms with Gasteiger partial charge in [-0.1, -0.05) is 5.92 Å². The summed E-state index contributed by atoms with van der Waals surface area (Å²) >= 11 is 0. The molecular weight excluding hydrogens is 292 g/mol. The van der Waals surface area contributed by atoms with Crippen LogP contribution in [0.2, 0.25) is 0 Å². The standard InChI is InChI=1S/C15H16N2O3.ClH/c1-3-6-20-11-4-5-14-12(8-11)10(9-17-14)7-13(16)15(18)19-2;/h1,4-5,8-9,13,17H,6-7,16H2,2H3;1H/t13-;/m1./s1. The van der Waals surface area contributed by atoms with E-state index in [0.29, 0.717) is 12.2 Å². The highest BCUT2D eigenvalue weighted by Crippen LogP contribution is 2.24. The van der Waals surface area contributed by atoms with Crippen molar-refractivity contribution < 1.29 is 14.3 Å². The second-order valence-electron chi connectivity index (χ2n) is 4.35. The van der Waals surface area contributed by atoms with Gasteiger partial charge in [0, 0.05) is 23.5 Å². The molecule has 1 aromatic heterocycles. The van der Waals surface area contributed by atoms with Crippen LogP contribution in [-0.4, -0.2) is 30.7 Å². The van der Waals surface area contributed by atoms with Crippen molar-refractivity contribution in [3.05, 3.63) is 30.0 Å². The van der Waals surface area contributed by atoms with Crippen LogP contribution >= 0.6 is 12.4 Å². The molecule has 0 radical (unpaired) electrons. The molecule has 2 rings (SSSR count). The maximum atomic E-state index is 11.4. The van der Waals surface area contributed by atoms with Gasteiger partial charge in [0.15, 0.2) is 0 Å². The lowest BCUT2D eigenvalue weighted by atomic mass is 10.1. The summed E-state index contributed by atoms with van der Waals surface area (Å²) in [5.74, 6) is 2.67. The Bertz CT molecular complexity index is 660. The fourth-order valence-electron chi connectivity index (χ4n) is 2.01. The molecule has 0 saturated heterocycles. The first-order valence-electron chi connectivity index (χ1n) is 6.15. The number of aromatic amines is 1. The first kappa shape index (κ1) is 16.9. The molecule has 21 heavy (non-hydrogen) atoms. The lowest BCUT2D eigenvalue weighted by molar-refractivity contribution is -0.142. The third-order valence-electron chi connectivity index (χ3n) is 3.00. The number of halogens is 1. The van der Waals surface area contributed by atoms with Gasteiger partial charge in [-0.25, -0.2) is 0 Å². The minimum absolute atomic E-state index is 0. The lowest BCUT2D eigenvalue weighted by Crippen LogP contribution is -2.33. The second-order valence-corrected chi connectivity index (χ2v) is 4.35. The number of carbonyl (C=O) groups is 1. The fraction of sp³-hybridized carbons (Fsp3) is 0.267. The first-order valence-corrected chi connectivity index (χ1v) is 6.15. The lowest BCUT2D eigenvalue weighted by Gasteiger charge is -2.08. The number of aromatic nitrogens is 1. The molecule has 0 amide bonds. The molecule has 0 bridgehead atoms. The van der Waals surface area contributed by atoms with Crippen molar-refractivity contribution in [3.63, 3.8) is 0 Å². The van der Waals surface area contributed by atoms with Gasteiger partial charge in [0.2, 0.25) is 0 Å². The number of nitrogens with one attached hydrogen (secondary N) is 1. The topological polar surface area (TPSA) is 77.3 Å². The summed E-state index contributed by atoms with van der Waals surface area (Å²) in [6, 6.07) is 4.92. The normalized spacial score (nSPS) is 11.3. The van der Waals surface area contributed by atoms with E-state index in [1.807, 2.05) is 24.4 Å². The predicted octanol–water partition coefficient (Wildman–Crippen LogP) is 1.64. The van der Waals surface area contributed by atoms with Crippen molar-refractivity contribution in [1.29, 1.82) is 0 Å². The Morgan fingerprint density at radius 3 is 2.95 bits per heavy atom. The van der Waals surface area contributed by atoms with Crippen LogP contribution in [0.25, 0.3) is 10.9 Å². The number of hydrogen-bond donors (Lipinski definition) is 2. The smallest absolute Gasteiger partial charge is 0.322 e. The SMILES string of the molecule is C#CCOc1ccc2[nH]cc(C[C@@H](N)C(=O)OC)c2c1.Cl. The second kappa shape index (κ2) is 7.58. The molecule has 2 aromatic rings. The monoisotopic (exact) mass is 308 g/mol. The summed E-state index contributed by atoms with van der Waals surface area (Å²) in [5, 5.41) is 0.957. The Labute approximate surface area is 129 Å². The average molecular weight is 309 g/mol. The van der Waals surface area contributed by atoms with Crippen molar-refractivity contribution in [1.82, 2.24) is 4.98 Å². The van der Waals surface area contributed by atoms with Gasteiger partial charge >= 0.3 is 5.97 Å². The molecule has 112 valence electrons. The molecule has 6 heteroatoms. The van der Waals surface area contributed by atoms with Crippen LogP contribution in [-0.2, 0) is 16.0 Å². The number of methoxy groups -OCH3 is 1. The van der Waals surface area contributed by atoms with E-state index in [2.05, 4.69) is 15.6 Å². The maximum Gasteiger partial charge on any atom is 0.322 e. The summed E-state index contributed by atoms with van der Waals surface area (Å²) in [6.45, 7) is 0.215. The molecule has 0 aliphatic carbocycles. The van der Waals surface area contributed by atoms with Crippen LogP contribution in [0.4, 0.5) is 0 Å². The zero-order valence-corrected chi connectivity index (χ0v) is 12.4. The number of rotatable bonds is 5. The molecule has 1 aromatic carbocycles. The predicted molar refractivity (Wildman–Crippen MR) is 83.6 cm³/mol. The number of hydrogen-bond acceptors (Lipinski definition) is 4. The van der Waals surface area contributed by atoms with E-state index in [1.54, 1.807) is 0 Å². The molecule has 5 nitrogen and oxygen atoms in total. The number of esters is 1. The van der Waals surface area contributed by atoms with Crippen molar-refractivity contribution in [2.45, 2.75) is 12.5 Å². The minimum Gasteiger partial charge on any atom is -0.481 e. The van der Waals surface area contributed by atoms with Crippen molar-refractivity contribution in [2.75, 3.05) is 13.7 Å². The highest BCUT2D eigenvalue weighted by molar-refractivity contribution is 5.86. The van der Waals surface area contributed by atoms with E-state index < -0.39 is 12.0 Å². The number of benzene rings is 1. The van der Waals surface area contributed by atoms with Crippen LogP contribution in [0.1, 0.15) is 5.56 Å². The third kappa shape index (κ3) is 3.91. The fourth-order valence-corrected chi connectivity index (χ4v) is 2.01. The summed E-state index contributed by atoms with van der Waals surface area (Å²) in [4.78, 5) is 14.5. The molecule has 0 saturated carbocycles. The van der Waals surface area contributed by atoms with Gasteiger partial charge in [-0.2, -0.15) is 0 Å². The quantitative estimate of drug-likeness (QED) is 0.650. The summed E-state index contributed by atoms with van der Waals surface area (Å²) in [7, 11) is 1.32. The molecule has 1 atom stereocenters. The molecule has 0 fully saturated rings. The highest BCUT2D eigenvalue weighted by atomic mass is 35.5. The molecule has 0 unspecified atom stereocenters. The van der Waals surface area contributed by atoms with Crippen molar-refractivity contribution >= 4 is 29.3 Å². The Hall–Kier alpha value is -2.16. The zero-order valence-electron chi connectivity index (χ0n) is 11.6. The van der Waals surface area contributed by atoms with E-state index >= 15 is 0 Å². The Balaban J connectivity index is 0.00000220. The number of carbonyl (C=O) groups excluding carboxylic acids is 1. The summed E-state index contributed by atoms with van der Waals surface area (Å²) in [5.41, 5.74) is 7.67. The van der Waals surface area contributed by atoms with Crippen LogP contribution in [0.5, 0.6) is 5.75 Å². The minimum atomic E-state index is -0.686. The van der Waals surface area contributed by atoms with Crippen molar-refractivity contribution in [2.24, 2.45) is 5.73 Å². The first-order chi connectivity index (χ1) is 9.65. The van der Waals surface area contributed by atoms with E-state index in [-0.39, 0.29) is 19.0 Å². The zero-order chi connectivity index (χ0) is 14.5. The van der Waals surface area contributed by atoms with E-state index in [0.717, 1.165) is 16.5 Å². The van der Waals surface area contributed by atoms with Gasteiger partial charge in [0.05, 0.1) is 7.11 Å². The number of terminal acetylenes is 1. The summed E-state index contributed by atoms with van der Waals surface area (Å²) < 4.78 is 10.0. The largest absolute Gasteiger partial charge is 0.481 e. The Kier molecular flexibility index (Phi) is 6.10. The van der Waals surface area contributed by atoms with Gasteiger partial charge in [-0.05, 0) is 23.8 Å². The van der Waals surface area contributed by atoms with Gasteiger partial charge < -0.3 is 20.2 Å². The maximum absolute atomic E-state index is 11.4. The summed E-state index contributed by atoms with van der Waals surface area (Å²) in [6.07, 6.45) is 7.39. The van der Waals surface area contributed by atoms with Crippen LogP contribution in [0.3, 0.4) is 0 Å². The van der Waals surface area contributed by atoms with Gasteiger partial charge in [-0.3, -0.25) is 4.79 Å². The number of fused-ring (bicyclic) bond motifs is 1. The Morgan fingerprint density at radius 2 is 2.29 bits per heavy atom. The van der Waals surface area contributed by atoms with Crippen LogP contribution in [0.15, 0.2) is 24.4 Å². The van der Waals surface area contributed by atoms with E-state index in [1.165, 1.54) is 7.11 Å². The molecule has 1 heterocycles. The molecule has 0 aliphatic heterocycles. The van der Waals surface area contributed by atoms with E-state index in [4.69, 9.17) is 16.9 Å². The van der Waals surface area contributed by atoms with Gasteiger partial charge in [-0.15, -0.1) is 18.8 Å². The molecule has 3 N–H and O–H groups in total. The van der Waals surface area contributed by atoms with Gasteiger partial charge in [0.1, 0.15) is 18.4 Å². The third-order valence-corrected chi connectivity index (χ3v) is 3.00. The van der Waals surface area contributed by atoms with Crippen LogP contribution in [0, 0.1) is 12.3 Å². The number of H-pyrrole nitrogens is 1. The molecule has 0 aliphatic rings. The van der Waals surface area contributed by atoms with Crippen LogP contribution < -0.4 is 10.5 Å².